The molecule has 1 atom stereocenters. The van der Waals surface area contributed by atoms with Gasteiger partial charge in [0.1, 0.15) is 11.8 Å². The van der Waals surface area contributed by atoms with Crippen LogP contribution in [0, 0.1) is 6.92 Å². The van der Waals surface area contributed by atoms with Gasteiger partial charge in [-0.25, -0.2) is 19.3 Å². The number of amides is 1. The van der Waals surface area contributed by atoms with E-state index in [2.05, 4.69) is 30.2 Å². The molecular formula is C25H21N7O2. The van der Waals surface area contributed by atoms with Crippen molar-refractivity contribution in [2.24, 2.45) is 0 Å². The fourth-order valence-electron chi connectivity index (χ4n) is 3.77. The average molecular weight is 451 g/mol. The zero-order valence-electron chi connectivity index (χ0n) is 18.6. The van der Waals surface area contributed by atoms with Crippen molar-refractivity contribution in [3.8, 4) is 16.8 Å². The standard InChI is InChI=1S/C25H21N7O2/c1-15-3-5-17(6-4-15)18-9-19(24(33)30-16(2)21-12-26-7-8-28-21)11-20(10-18)32-23-22(31-25(32)34)13-27-14-29-23/h3-14,16H,1-2H3,(H,30,33)(H,31,34)/t16-/m0/s1. The minimum atomic E-state index is -0.365. The van der Waals surface area contributed by atoms with Gasteiger partial charge in [-0.15, -0.1) is 0 Å². The minimum absolute atomic E-state index is 0.295. The van der Waals surface area contributed by atoms with Gasteiger partial charge in [0.2, 0.25) is 0 Å². The molecule has 0 saturated carbocycles. The molecule has 5 aromatic rings. The molecule has 3 aromatic heterocycles. The van der Waals surface area contributed by atoms with Crippen LogP contribution in [-0.2, 0) is 0 Å². The van der Waals surface area contributed by atoms with Crippen LogP contribution in [0.1, 0.15) is 34.6 Å². The van der Waals surface area contributed by atoms with Crippen LogP contribution in [-0.4, -0.2) is 35.4 Å². The second-order valence-electron chi connectivity index (χ2n) is 7.99. The second kappa shape index (κ2) is 8.70. The van der Waals surface area contributed by atoms with Crippen LogP contribution >= 0.6 is 0 Å². The summed E-state index contributed by atoms with van der Waals surface area (Å²) in [5.41, 5.74) is 4.99. The molecule has 2 aromatic carbocycles. The molecule has 0 aliphatic heterocycles. The van der Waals surface area contributed by atoms with E-state index in [9.17, 15) is 9.59 Å². The van der Waals surface area contributed by atoms with E-state index in [1.54, 1.807) is 30.9 Å². The normalized spacial score (nSPS) is 11.9. The highest BCUT2D eigenvalue weighted by Crippen LogP contribution is 2.26. The molecule has 2 N–H and O–H groups in total. The number of nitrogens with one attached hydrogen (secondary N) is 2. The summed E-state index contributed by atoms with van der Waals surface area (Å²) < 4.78 is 1.44. The Balaban J connectivity index is 1.62. The minimum Gasteiger partial charge on any atom is -0.344 e. The van der Waals surface area contributed by atoms with Gasteiger partial charge >= 0.3 is 5.69 Å². The molecule has 0 spiro atoms. The molecule has 1 amide bonds. The molecule has 9 heteroatoms. The Morgan fingerprint density at radius 3 is 2.59 bits per heavy atom. The molecule has 0 aliphatic rings. The van der Waals surface area contributed by atoms with E-state index >= 15 is 0 Å². The van der Waals surface area contributed by atoms with Crippen molar-refractivity contribution >= 4 is 17.1 Å². The van der Waals surface area contributed by atoms with Crippen molar-refractivity contribution in [3.63, 3.8) is 0 Å². The highest BCUT2D eigenvalue weighted by molar-refractivity contribution is 5.96. The lowest BCUT2D eigenvalue weighted by molar-refractivity contribution is 0.0939. The van der Waals surface area contributed by atoms with Gasteiger partial charge in [-0.2, -0.15) is 0 Å². The highest BCUT2D eigenvalue weighted by atomic mass is 16.2. The lowest BCUT2D eigenvalue weighted by Crippen LogP contribution is -2.27. The number of H-pyrrole nitrogens is 1. The van der Waals surface area contributed by atoms with Gasteiger partial charge in [-0.3, -0.25) is 14.8 Å². The molecule has 0 radical (unpaired) electrons. The van der Waals surface area contributed by atoms with Crippen LogP contribution in [0.25, 0.3) is 28.0 Å². The maximum Gasteiger partial charge on any atom is 0.332 e. The van der Waals surface area contributed by atoms with Gasteiger partial charge in [0.15, 0.2) is 5.65 Å². The van der Waals surface area contributed by atoms with Gasteiger partial charge in [-0.1, -0.05) is 29.8 Å². The number of aromatic amines is 1. The summed E-state index contributed by atoms with van der Waals surface area (Å²) in [5, 5.41) is 2.96. The molecule has 0 aliphatic carbocycles. The lowest BCUT2D eigenvalue weighted by Gasteiger charge is -2.15. The Labute approximate surface area is 194 Å². The van der Waals surface area contributed by atoms with Crippen LogP contribution in [0.2, 0.25) is 0 Å². The number of nitrogens with zero attached hydrogens (tertiary/aromatic N) is 5. The molecule has 34 heavy (non-hydrogen) atoms. The van der Waals surface area contributed by atoms with E-state index in [1.165, 1.54) is 10.9 Å². The Kier molecular flexibility index (Phi) is 5.43. The van der Waals surface area contributed by atoms with E-state index in [4.69, 9.17) is 0 Å². The summed E-state index contributed by atoms with van der Waals surface area (Å²) in [6.45, 7) is 3.85. The zero-order valence-corrected chi connectivity index (χ0v) is 18.6. The van der Waals surface area contributed by atoms with Crippen LogP contribution in [0.5, 0.6) is 0 Å². The monoisotopic (exact) mass is 451 g/mol. The number of aryl methyl sites for hydroxylation is 1. The largest absolute Gasteiger partial charge is 0.344 e. The summed E-state index contributed by atoms with van der Waals surface area (Å²) in [6, 6.07) is 13.0. The molecule has 5 rings (SSSR count). The van der Waals surface area contributed by atoms with Crippen LogP contribution in [0.4, 0.5) is 0 Å². The van der Waals surface area contributed by atoms with E-state index < -0.39 is 0 Å². The SMILES string of the molecule is Cc1ccc(-c2cc(C(=O)N[C@@H](C)c3cnccn3)cc(-n3c(=O)[nH]c4cncnc43)c2)cc1. The number of hydrogen-bond donors (Lipinski definition) is 2. The summed E-state index contributed by atoms with van der Waals surface area (Å²) in [7, 11) is 0. The maximum atomic E-state index is 13.3. The highest BCUT2D eigenvalue weighted by Gasteiger charge is 2.17. The van der Waals surface area contributed by atoms with E-state index in [0.717, 1.165) is 16.7 Å². The summed E-state index contributed by atoms with van der Waals surface area (Å²) >= 11 is 0. The Bertz CT molecular complexity index is 1540. The van der Waals surface area contributed by atoms with Gasteiger partial charge in [0.25, 0.3) is 5.91 Å². The van der Waals surface area contributed by atoms with Gasteiger partial charge < -0.3 is 10.3 Å². The van der Waals surface area contributed by atoms with Crippen molar-refractivity contribution in [3.05, 3.63) is 101 Å². The van der Waals surface area contributed by atoms with Crippen LogP contribution < -0.4 is 11.0 Å². The smallest absolute Gasteiger partial charge is 0.332 e. The molecule has 0 bridgehead atoms. The molecular weight excluding hydrogens is 430 g/mol. The van der Waals surface area contributed by atoms with Crippen LogP contribution in [0.15, 0.2) is 78.4 Å². The number of imidazole rings is 1. The number of rotatable bonds is 5. The zero-order chi connectivity index (χ0) is 23.7. The van der Waals surface area contributed by atoms with Gasteiger partial charge in [0, 0.05) is 18.0 Å². The van der Waals surface area contributed by atoms with E-state index in [-0.39, 0.29) is 17.6 Å². The fraction of sp³-hybridized carbons (Fsp3) is 0.120. The van der Waals surface area contributed by atoms with E-state index in [1.807, 2.05) is 50.2 Å². The number of aromatic nitrogens is 6. The predicted octanol–water partition coefficient (Wildman–Crippen LogP) is 3.37. The maximum absolute atomic E-state index is 13.3. The Morgan fingerprint density at radius 1 is 1.00 bits per heavy atom. The van der Waals surface area contributed by atoms with Gasteiger partial charge in [0.05, 0.1) is 29.8 Å². The second-order valence-corrected chi connectivity index (χ2v) is 7.99. The first-order chi connectivity index (χ1) is 16.5. The topological polar surface area (TPSA) is 118 Å². The number of carbonyl (C=O) groups excluding carboxylic acids is 1. The first kappa shape index (κ1) is 21.2. The number of fused-ring (bicyclic) bond motifs is 1. The van der Waals surface area contributed by atoms with Gasteiger partial charge in [-0.05, 0) is 43.2 Å². The molecule has 3 heterocycles. The number of hydrogen-bond acceptors (Lipinski definition) is 6. The molecule has 9 nitrogen and oxygen atoms in total. The van der Waals surface area contributed by atoms with E-state index in [0.29, 0.717) is 28.1 Å². The first-order valence-corrected chi connectivity index (χ1v) is 10.7. The predicted molar refractivity (Wildman–Crippen MR) is 128 cm³/mol. The summed E-state index contributed by atoms with van der Waals surface area (Å²) in [5.74, 6) is -0.295. The van der Waals surface area contributed by atoms with Crippen molar-refractivity contribution in [1.82, 2.24) is 34.8 Å². The number of carbonyl (C=O) groups is 1. The Morgan fingerprint density at radius 2 is 1.82 bits per heavy atom. The quantitative estimate of drug-likeness (QED) is 0.423. The van der Waals surface area contributed by atoms with Crippen molar-refractivity contribution in [2.75, 3.05) is 0 Å². The third-order valence-electron chi connectivity index (χ3n) is 5.55. The van der Waals surface area contributed by atoms with Crippen molar-refractivity contribution in [1.29, 1.82) is 0 Å². The third kappa shape index (κ3) is 4.06. The molecule has 0 fully saturated rings. The summed E-state index contributed by atoms with van der Waals surface area (Å²) in [4.78, 5) is 45.4. The molecule has 0 saturated heterocycles. The lowest BCUT2D eigenvalue weighted by atomic mass is 10.00. The average Bonchev–Trinajstić information content (AvgIpc) is 3.20. The molecule has 0 unspecified atom stereocenters. The Hall–Kier alpha value is -4.66. The fourth-order valence-corrected chi connectivity index (χ4v) is 3.77. The van der Waals surface area contributed by atoms with Crippen molar-refractivity contribution in [2.45, 2.75) is 19.9 Å². The third-order valence-corrected chi connectivity index (χ3v) is 5.55. The van der Waals surface area contributed by atoms with Crippen LogP contribution in [0.3, 0.4) is 0 Å². The van der Waals surface area contributed by atoms with Crippen molar-refractivity contribution < 1.29 is 4.79 Å². The number of benzene rings is 2. The first-order valence-electron chi connectivity index (χ1n) is 10.7. The molecule has 168 valence electrons. The summed E-state index contributed by atoms with van der Waals surface area (Å²) in [6.07, 6.45) is 7.70.